The number of aliphatic hydroxyl groups is 2. The molecule has 0 radical (unpaired) electrons. The first kappa shape index (κ1) is 44.8. The van der Waals surface area contributed by atoms with Crippen LogP contribution in [0.25, 0.3) is 0 Å². The first-order valence-electron chi connectivity index (χ1n) is 16.2. The van der Waals surface area contributed by atoms with Gasteiger partial charge in [-0.2, -0.15) is 18.2 Å². The number of carbonyl (C=O) groups excluding carboxylic acids is 2. The number of hydrogen-bond donors (Lipinski definition) is 3. The van der Waals surface area contributed by atoms with Crippen molar-refractivity contribution in [2.45, 2.75) is 153 Å². The predicted octanol–water partition coefficient (Wildman–Crippen LogP) is 5.50. The van der Waals surface area contributed by atoms with Crippen LogP contribution in [0.4, 0.5) is 0 Å². The molecule has 43 heavy (non-hydrogen) atoms. The summed E-state index contributed by atoms with van der Waals surface area (Å²) in [7, 11) is -4.92. The Hall–Kier alpha value is -0.310. The van der Waals surface area contributed by atoms with Gasteiger partial charge in [-0.1, -0.05) is 116 Å². The zero-order chi connectivity index (χ0) is 31.2. The molecule has 3 N–H and O–H groups in total. The number of unbranched alkanes of at least 4 members (excludes halogenated alkanes) is 20. The summed E-state index contributed by atoms with van der Waals surface area (Å²) in [6, 6.07) is 0. The van der Waals surface area contributed by atoms with Gasteiger partial charge in [-0.05, 0) is 25.7 Å². The number of aliphatic hydroxyl groups excluding tert-OH is 2. The minimum atomic E-state index is -4.92. The van der Waals surface area contributed by atoms with E-state index >= 15 is 0 Å². The molecule has 0 aliphatic rings. The van der Waals surface area contributed by atoms with E-state index in [1.54, 1.807) is 0 Å². The molecular formula is C30H59NaO11S. The Bertz CT molecular complexity index is 738. The molecule has 0 saturated carbocycles. The van der Waals surface area contributed by atoms with Crippen molar-refractivity contribution in [1.29, 1.82) is 0 Å². The molecule has 0 aliphatic heterocycles. The Balaban J connectivity index is 0. The molecule has 0 aromatic rings. The average molecular weight is 651 g/mol. The maximum absolute atomic E-state index is 12.1. The average Bonchev–Trinajstić information content (AvgIpc) is 2.95. The molecule has 0 amide bonds. The first-order valence-corrected chi connectivity index (χ1v) is 17.7. The second-order valence-electron chi connectivity index (χ2n) is 10.9. The summed E-state index contributed by atoms with van der Waals surface area (Å²) < 4.78 is 32.5. The topological polar surface area (TPSA) is 166 Å². The van der Waals surface area contributed by atoms with Crippen LogP contribution in [0, 0.1) is 0 Å². The molecule has 0 saturated heterocycles. The Kier molecular flexibility index (Phi) is 34.5. The van der Waals surface area contributed by atoms with Gasteiger partial charge in [0.25, 0.3) is 10.1 Å². The van der Waals surface area contributed by atoms with Crippen molar-refractivity contribution in [3.05, 3.63) is 0 Å². The third-order valence-electron chi connectivity index (χ3n) is 7.04. The second-order valence-corrected chi connectivity index (χ2v) is 12.5. The van der Waals surface area contributed by atoms with E-state index in [1.807, 2.05) is 0 Å². The van der Waals surface area contributed by atoms with Gasteiger partial charge in [0.1, 0.15) is 0 Å². The predicted molar refractivity (Wildman–Crippen MR) is 167 cm³/mol. The molecule has 0 aromatic carbocycles. The van der Waals surface area contributed by atoms with E-state index in [0.29, 0.717) is 12.8 Å². The molecule has 0 bridgehead atoms. The summed E-state index contributed by atoms with van der Waals surface area (Å²) in [6.07, 6.45) is 22.2. The molecule has 1 atom stereocenters. The van der Waals surface area contributed by atoms with Crippen LogP contribution in [-0.2, 0) is 39.3 Å². The van der Waals surface area contributed by atoms with E-state index in [2.05, 4.69) is 9.78 Å². The zero-order valence-corrected chi connectivity index (χ0v) is 26.5. The van der Waals surface area contributed by atoms with Crippen molar-refractivity contribution in [3.8, 4) is 0 Å². The van der Waals surface area contributed by atoms with Crippen LogP contribution in [0.5, 0.6) is 0 Å². The van der Waals surface area contributed by atoms with Gasteiger partial charge in [-0.3, -0.25) is 14.3 Å². The van der Waals surface area contributed by atoms with Crippen LogP contribution >= 0.6 is 0 Å². The van der Waals surface area contributed by atoms with Crippen LogP contribution < -0.4 is 0 Å². The maximum atomic E-state index is 12.1. The van der Waals surface area contributed by atoms with E-state index in [0.717, 1.165) is 70.6 Å². The van der Waals surface area contributed by atoms with Crippen LogP contribution in [0.2, 0.25) is 0 Å². The third kappa shape index (κ3) is 31.5. The minimum absolute atomic E-state index is 0. The summed E-state index contributed by atoms with van der Waals surface area (Å²) in [4.78, 5) is 42.7. The monoisotopic (exact) mass is 650 g/mol. The van der Waals surface area contributed by atoms with Gasteiger partial charge >= 0.3 is 41.5 Å². The van der Waals surface area contributed by atoms with Crippen molar-refractivity contribution in [2.24, 2.45) is 0 Å². The van der Waals surface area contributed by atoms with Crippen molar-refractivity contribution in [3.63, 3.8) is 0 Å². The normalized spacial score (nSPS) is 12.1. The van der Waals surface area contributed by atoms with Gasteiger partial charge in [0, 0.05) is 13.2 Å². The van der Waals surface area contributed by atoms with Crippen molar-refractivity contribution < 1.29 is 52.3 Å². The van der Waals surface area contributed by atoms with Crippen LogP contribution in [0.3, 0.4) is 0 Å². The third-order valence-corrected chi connectivity index (χ3v) is 8.12. The molecule has 0 heterocycles. The zero-order valence-electron chi connectivity index (χ0n) is 25.7. The summed E-state index contributed by atoms with van der Waals surface area (Å²) in [5, 5.41) is 15.3. The standard InChI is InChI=1S/C30H58O11S.Na.H/c31-23-19-15-11-7-3-1-5-9-13-17-21-25-38-40-29(33)27-28(42(35,36)37)30(34)41-39-26-22-18-14-10-6-2-4-8-12-16-20-24-32;;/h28,31-32H,1-27H2,(H,35,36,37);;. The molecular weight excluding hydrogens is 591 g/mol. The quantitative estimate of drug-likeness (QED) is 0.0277. The van der Waals surface area contributed by atoms with E-state index in [4.69, 9.17) is 20.0 Å². The van der Waals surface area contributed by atoms with Crippen LogP contribution in [-0.4, -0.2) is 96.4 Å². The Labute approximate surface area is 282 Å². The van der Waals surface area contributed by atoms with Gasteiger partial charge in [-0.25, -0.2) is 9.59 Å². The summed E-state index contributed by atoms with van der Waals surface area (Å²) in [5.74, 6) is -2.50. The molecule has 0 spiro atoms. The summed E-state index contributed by atoms with van der Waals surface area (Å²) >= 11 is 0. The van der Waals surface area contributed by atoms with Gasteiger partial charge in [-0.15, -0.1) is 0 Å². The molecule has 11 nitrogen and oxygen atoms in total. The fourth-order valence-corrected chi connectivity index (χ4v) is 5.11. The van der Waals surface area contributed by atoms with Crippen molar-refractivity contribution in [2.75, 3.05) is 26.4 Å². The molecule has 0 fully saturated rings. The molecule has 0 aromatic heterocycles. The Morgan fingerprint density at radius 1 is 0.512 bits per heavy atom. The number of carbonyl (C=O) groups is 2. The molecule has 0 rings (SSSR count). The van der Waals surface area contributed by atoms with Crippen molar-refractivity contribution >= 4 is 51.6 Å². The summed E-state index contributed by atoms with van der Waals surface area (Å²) in [5.41, 5.74) is 0. The first-order chi connectivity index (χ1) is 20.3. The molecule has 13 heteroatoms. The fourth-order valence-electron chi connectivity index (χ4n) is 4.48. The van der Waals surface area contributed by atoms with Gasteiger partial charge in [0.15, 0.2) is 5.25 Å². The molecule has 1 unspecified atom stereocenters. The summed E-state index contributed by atoms with van der Waals surface area (Å²) in [6.45, 7) is 0.763. The molecule has 252 valence electrons. The van der Waals surface area contributed by atoms with E-state index < -0.39 is 33.7 Å². The Morgan fingerprint density at radius 3 is 1.14 bits per heavy atom. The van der Waals surface area contributed by atoms with Crippen LogP contribution in [0.15, 0.2) is 0 Å². The Morgan fingerprint density at radius 2 is 0.814 bits per heavy atom. The van der Waals surface area contributed by atoms with E-state index in [1.165, 1.54) is 57.8 Å². The van der Waals surface area contributed by atoms with E-state index in [-0.39, 0.29) is 56.0 Å². The fraction of sp³-hybridized carbons (Fsp3) is 0.933. The van der Waals surface area contributed by atoms with Gasteiger partial charge in [0.05, 0.1) is 19.6 Å². The number of hydrogen-bond acceptors (Lipinski definition) is 10. The van der Waals surface area contributed by atoms with Crippen molar-refractivity contribution in [1.82, 2.24) is 0 Å². The number of rotatable bonds is 32. The van der Waals surface area contributed by atoms with Gasteiger partial charge in [0.2, 0.25) is 0 Å². The van der Waals surface area contributed by atoms with E-state index in [9.17, 15) is 22.6 Å². The van der Waals surface area contributed by atoms with Crippen LogP contribution in [0.1, 0.15) is 148 Å². The van der Waals surface area contributed by atoms with Gasteiger partial charge < -0.3 is 10.2 Å². The second kappa shape index (κ2) is 33.1. The SMILES string of the molecule is O=C(CC(C(=O)OOCCCCCCCCCCCCCO)S(=O)(=O)O)OOCCCCCCCCCCCCCO.[NaH]. The molecule has 0 aliphatic carbocycles.